The van der Waals surface area contributed by atoms with Gasteiger partial charge in [0.1, 0.15) is 5.85 Å². The van der Waals surface area contributed by atoms with Gasteiger partial charge in [0, 0.05) is 21.6 Å². The smallest absolute Gasteiger partial charge is 0.798 e. The van der Waals surface area contributed by atoms with E-state index in [0.717, 1.165) is 6.66 Å². The maximum Gasteiger partial charge on any atom is 1.00 e. The Balaban J connectivity index is 0. The average Bonchev–Trinajstić information content (AvgIpc) is 1.80. The summed E-state index contributed by atoms with van der Waals surface area (Å²) < 4.78 is 10.6. The molecule has 0 aromatic carbocycles. The largest absolute Gasteiger partial charge is 1.00 e. The first kappa shape index (κ1) is 15.7. The summed E-state index contributed by atoms with van der Waals surface area (Å²) in [5.41, 5.74) is 0. The van der Waals surface area contributed by atoms with Gasteiger partial charge in [0.25, 0.3) is 0 Å². The van der Waals surface area contributed by atoms with Crippen molar-refractivity contribution in [2.45, 2.75) is 12.3 Å². The first-order chi connectivity index (χ1) is 4.84. The van der Waals surface area contributed by atoms with Gasteiger partial charge in [0.05, 0.1) is 12.5 Å². The van der Waals surface area contributed by atoms with E-state index in [1.807, 2.05) is 0 Å². The number of aliphatic hydroxyl groups is 1. The van der Waals surface area contributed by atoms with E-state index in [4.69, 9.17) is 5.11 Å². The van der Waals surface area contributed by atoms with Crippen LogP contribution in [-0.2, 0) is 4.57 Å². The summed E-state index contributed by atoms with van der Waals surface area (Å²) in [5.74, 6) is -0.0879. The van der Waals surface area contributed by atoms with Crippen LogP contribution in [0.5, 0.6) is 0 Å². The molecule has 0 aliphatic rings. The van der Waals surface area contributed by atoms with Gasteiger partial charge in [-0.3, -0.25) is 0 Å². The van der Waals surface area contributed by atoms with Crippen LogP contribution in [0.1, 0.15) is 6.42 Å². The van der Waals surface area contributed by atoms with Gasteiger partial charge in [-0.1, -0.05) is 0 Å². The van der Waals surface area contributed by atoms with Crippen molar-refractivity contribution >= 4 is 20.9 Å². The molecule has 3 atom stereocenters. The van der Waals surface area contributed by atoms with Gasteiger partial charge < -0.3 is 19.5 Å². The molecule has 1 N–H and O–H groups in total. The molecule has 0 rings (SSSR count). The van der Waals surface area contributed by atoms with Gasteiger partial charge in [0.15, 0.2) is 0 Å². The van der Waals surface area contributed by atoms with Gasteiger partial charge in [-0.2, -0.15) is 0 Å². The zero-order valence-electron chi connectivity index (χ0n) is 7.43. The van der Waals surface area contributed by atoms with E-state index in [1.54, 1.807) is 0 Å². The van der Waals surface area contributed by atoms with E-state index in [9.17, 15) is 14.4 Å². The van der Waals surface area contributed by atoms with Gasteiger partial charge in [-0.15, -0.1) is 0 Å². The van der Waals surface area contributed by atoms with Crippen molar-refractivity contribution in [3.63, 3.8) is 0 Å². The summed E-state index contributed by atoms with van der Waals surface area (Å²) in [4.78, 5) is 21.1. The molecule has 0 heterocycles. The Kier molecular flexibility index (Phi) is 8.78. The molecule has 3 unspecified atom stereocenters. The van der Waals surface area contributed by atoms with Crippen LogP contribution in [-0.4, -0.2) is 30.1 Å². The van der Waals surface area contributed by atoms with Gasteiger partial charge in [-0.05, 0) is 6.66 Å². The van der Waals surface area contributed by atoms with Gasteiger partial charge in [0.2, 0.25) is 0 Å². The molecule has 7 heteroatoms. The molecule has 0 aromatic rings. The number of hydrogen-bond donors (Lipinski definition) is 1. The normalized spacial score (nSPS) is 19.2. The fourth-order valence-electron chi connectivity index (χ4n) is 0.434. The van der Waals surface area contributed by atoms with E-state index in [0.29, 0.717) is 0 Å². The van der Waals surface area contributed by atoms with Gasteiger partial charge in [-0.25, -0.2) is 0 Å². The molecule has 0 aliphatic carbocycles. The van der Waals surface area contributed by atoms with Crippen LogP contribution in [0.15, 0.2) is 0 Å². The molecule has 66 valence electrons. The first-order valence-corrected chi connectivity index (χ1v) is 6.95. The molecule has 0 saturated carbocycles. The number of aliphatic hydroxyl groups excluding tert-OH is 1. The van der Waals surface area contributed by atoms with Crippen LogP contribution in [0.2, 0.25) is 0 Å². The summed E-state index contributed by atoms with van der Waals surface area (Å²) >= 11 is 0. The van der Waals surface area contributed by atoms with Crippen molar-refractivity contribution in [2.75, 3.05) is 13.3 Å². The van der Waals surface area contributed by atoms with E-state index in [-0.39, 0.29) is 36.0 Å². The molecule has 0 aliphatic heterocycles. The van der Waals surface area contributed by atoms with Crippen LogP contribution in [0.4, 0.5) is 0 Å². The number of rotatable bonds is 3. The fourth-order valence-corrected chi connectivity index (χ4v) is 1.59. The molecular weight excluding hydrogens is 209 g/mol. The summed E-state index contributed by atoms with van der Waals surface area (Å²) in [6, 6.07) is 0. The third-order valence-electron chi connectivity index (χ3n) is 1.11. The van der Waals surface area contributed by atoms with Crippen molar-refractivity contribution in [3.05, 3.63) is 0 Å². The van der Waals surface area contributed by atoms with Crippen molar-refractivity contribution in [2.24, 2.45) is 0 Å². The molecule has 0 amide bonds. The molecule has 0 bridgehead atoms. The minimum atomic E-state index is -3.67. The number of hydrogen-bond acceptors (Lipinski definition) is 4. The zero-order valence-corrected chi connectivity index (χ0v) is 11.2. The second-order valence-electron chi connectivity index (χ2n) is 2.35. The minimum absolute atomic E-state index is 0. The molecule has 4 nitrogen and oxygen atoms in total. The van der Waals surface area contributed by atoms with Crippen molar-refractivity contribution in [1.82, 2.24) is 0 Å². The standard InChI is InChI=1S/C5H12O4P2.Na/c1-10(7)4-3-5(6)11(2,8)9;/h4-6H,3H2,1-2H3,(H,8,9);/q;+1/p-1. The molecule has 0 fully saturated rings. The Morgan fingerprint density at radius 2 is 2.17 bits per heavy atom. The predicted molar refractivity (Wildman–Crippen MR) is 43.1 cm³/mol. The van der Waals surface area contributed by atoms with Crippen molar-refractivity contribution in [3.8, 4) is 0 Å². The molecule has 0 saturated heterocycles. The fraction of sp³-hybridized carbons (Fsp3) is 0.800. The van der Waals surface area contributed by atoms with Crippen LogP contribution in [0.3, 0.4) is 0 Å². The average molecular weight is 220 g/mol. The maximum atomic E-state index is 10.6. The summed E-state index contributed by atoms with van der Waals surface area (Å²) in [7, 11) is -5.14. The van der Waals surface area contributed by atoms with Crippen molar-refractivity contribution < 1.29 is 49.0 Å². The molecule has 0 aromatic heterocycles. The molecule has 0 radical (unpaired) electrons. The quantitative estimate of drug-likeness (QED) is 0.390. The monoisotopic (exact) mass is 220 g/mol. The summed E-state index contributed by atoms with van der Waals surface area (Å²) in [5, 5.41) is 8.90. The Hall–Kier alpha value is 1.28. The Morgan fingerprint density at radius 3 is 2.42 bits per heavy atom. The SMILES string of the molecule is C[P+]([O-])=CCC(O)P(C)(=O)[O-].[Na+]. The van der Waals surface area contributed by atoms with Crippen LogP contribution in [0.25, 0.3) is 0 Å². The van der Waals surface area contributed by atoms with Crippen LogP contribution in [0, 0.1) is 0 Å². The Bertz CT molecular complexity index is 196. The third kappa shape index (κ3) is 7.90. The van der Waals surface area contributed by atoms with E-state index in [1.165, 1.54) is 12.5 Å². The second kappa shape index (κ2) is 6.69. The Labute approximate surface area is 95.2 Å². The predicted octanol–water partition coefficient (Wildman–Crippen LogP) is -3.84. The maximum absolute atomic E-state index is 10.6. The summed E-state index contributed by atoms with van der Waals surface area (Å²) in [6.07, 6.45) is -0.0526. The third-order valence-corrected chi connectivity index (χ3v) is 3.13. The van der Waals surface area contributed by atoms with E-state index < -0.39 is 21.0 Å². The molecule has 0 spiro atoms. The first-order valence-electron chi connectivity index (χ1n) is 3.03. The van der Waals surface area contributed by atoms with Crippen LogP contribution < -0.4 is 39.3 Å². The Morgan fingerprint density at radius 1 is 1.75 bits per heavy atom. The summed E-state index contributed by atoms with van der Waals surface area (Å²) in [6.45, 7) is 2.42. The molecular formula is C5H11NaO4P2. The minimum Gasteiger partial charge on any atom is -0.798 e. The van der Waals surface area contributed by atoms with Crippen molar-refractivity contribution in [1.29, 1.82) is 0 Å². The zero-order chi connectivity index (χ0) is 9.07. The second-order valence-corrected chi connectivity index (χ2v) is 6.22. The topological polar surface area (TPSA) is 83.4 Å². The van der Waals surface area contributed by atoms with E-state index in [2.05, 4.69) is 0 Å². The van der Waals surface area contributed by atoms with Gasteiger partial charge >= 0.3 is 29.6 Å². The molecule has 12 heavy (non-hydrogen) atoms. The van der Waals surface area contributed by atoms with E-state index >= 15 is 0 Å². The van der Waals surface area contributed by atoms with Crippen LogP contribution >= 0.6 is 15.1 Å².